The maximum atomic E-state index is 12.2. The van der Waals surface area contributed by atoms with Gasteiger partial charge in [0.05, 0.1) is 6.04 Å². The number of hydrogen-bond donors (Lipinski definition) is 1. The average molecular weight is 293 g/mol. The van der Waals surface area contributed by atoms with Gasteiger partial charge in [-0.25, -0.2) is 0 Å². The Kier molecular flexibility index (Phi) is 6.17. The molecule has 0 radical (unpaired) electrons. The zero-order valence-electron chi connectivity index (χ0n) is 13.2. The van der Waals surface area contributed by atoms with Crippen LogP contribution >= 0.6 is 0 Å². The van der Waals surface area contributed by atoms with E-state index in [9.17, 15) is 4.79 Å². The highest BCUT2D eigenvalue weighted by Gasteiger charge is 2.21. The first-order chi connectivity index (χ1) is 10.2. The third-order valence-corrected chi connectivity index (χ3v) is 4.25. The Hall–Kier alpha value is -1.43. The van der Waals surface area contributed by atoms with Crippen molar-refractivity contribution >= 4 is 5.91 Å². The number of carbonyl (C=O) groups excluding carboxylic acids is 1. The molecule has 1 unspecified atom stereocenters. The van der Waals surface area contributed by atoms with E-state index in [-0.39, 0.29) is 11.9 Å². The lowest BCUT2D eigenvalue weighted by atomic mass is 10.2. The summed E-state index contributed by atoms with van der Waals surface area (Å²) in [4.78, 5) is 14.5. The van der Waals surface area contributed by atoms with Gasteiger partial charge in [-0.05, 0) is 39.8 Å². The van der Waals surface area contributed by atoms with Gasteiger partial charge in [0.15, 0.2) is 0 Å². The summed E-state index contributed by atoms with van der Waals surface area (Å²) in [5.74, 6) is 1.06. The van der Waals surface area contributed by atoms with E-state index in [0.29, 0.717) is 6.54 Å². The molecular formula is C15H27N5O. The first-order valence-electron chi connectivity index (χ1n) is 8.10. The van der Waals surface area contributed by atoms with E-state index in [1.165, 1.54) is 25.7 Å². The largest absolute Gasteiger partial charge is 0.354 e. The molecule has 6 heteroatoms. The van der Waals surface area contributed by atoms with Gasteiger partial charge in [-0.3, -0.25) is 9.69 Å². The first kappa shape index (κ1) is 15.9. The summed E-state index contributed by atoms with van der Waals surface area (Å²) in [5, 5.41) is 11.0. The highest BCUT2D eigenvalue weighted by molar-refractivity contribution is 5.81. The Balaban J connectivity index is 1.75. The van der Waals surface area contributed by atoms with Crippen molar-refractivity contribution in [1.29, 1.82) is 0 Å². The molecule has 1 N–H and O–H groups in total. The van der Waals surface area contributed by atoms with Gasteiger partial charge < -0.3 is 9.88 Å². The number of nitrogens with zero attached hydrogens (tertiary/aromatic N) is 4. The number of amides is 1. The van der Waals surface area contributed by atoms with Gasteiger partial charge in [-0.15, -0.1) is 10.2 Å². The van der Waals surface area contributed by atoms with Crippen LogP contribution in [0.3, 0.4) is 0 Å². The lowest BCUT2D eigenvalue weighted by Crippen LogP contribution is -2.46. The minimum Gasteiger partial charge on any atom is -0.354 e. The zero-order chi connectivity index (χ0) is 15.1. The lowest BCUT2D eigenvalue weighted by molar-refractivity contribution is -0.125. The van der Waals surface area contributed by atoms with E-state index < -0.39 is 0 Å². The lowest BCUT2D eigenvalue weighted by Gasteiger charge is -2.26. The van der Waals surface area contributed by atoms with Crippen LogP contribution in [0.15, 0.2) is 6.33 Å². The van der Waals surface area contributed by atoms with Crippen LogP contribution in [0.25, 0.3) is 0 Å². The fraction of sp³-hybridized carbons (Fsp3) is 0.800. The molecule has 1 atom stereocenters. The summed E-state index contributed by atoms with van der Waals surface area (Å²) in [5.41, 5.74) is 0. The van der Waals surface area contributed by atoms with Gasteiger partial charge in [-0.2, -0.15) is 0 Å². The van der Waals surface area contributed by atoms with Crippen LogP contribution in [0.4, 0.5) is 0 Å². The summed E-state index contributed by atoms with van der Waals surface area (Å²) in [7, 11) is 0. The smallest absolute Gasteiger partial charge is 0.237 e. The molecule has 0 bridgehead atoms. The average Bonchev–Trinajstić information content (AvgIpc) is 2.78. The molecule has 21 heavy (non-hydrogen) atoms. The zero-order valence-corrected chi connectivity index (χ0v) is 13.2. The summed E-state index contributed by atoms with van der Waals surface area (Å²) in [6.07, 6.45) is 7.45. The first-order valence-corrected chi connectivity index (χ1v) is 8.10. The monoisotopic (exact) mass is 293 g/mol. The summed E-state index contributed by atoms with van der Waals surface area (Å²) in [6.45, 7) is 7.63. The van der Waals surface area contributed by atoms with Gasteiger partial charge in [0.2, 0.25) is 5.91 Å². The Morgan fingerprint density at radius 3 is 2.71 bits per heavy atom. The Bertz CT molecular complexity index is 437. The molecule has 1 saturated heterocycles. The molecule has 2 heterocycles. The molecule has 1 aliphatic heterocycles. The van der Waals surface area contributed by atoms with Crippen molar-refractivity contribution in [3.8, 4) is 0 Å². The van der Waals surface area contributed by atoms with E-state index in [1.807, 2.05) is 11.5 Å². The normalized spacial score (nSPS) is 18.2. The number of aromatic nitrogens is 3. The number of likely N-dealkylation sites (tertiary alicyclic amines) is 1. The van der Waals surface area contributed by atoms with Crippen molar-refractivity contribution in [3.63, 3.8) is 0 Å². The van der Waals surface area contributed by atoms with E-state index >= 15 is 0 Å². The Morgan fingerprint density at radius 1 is 1.33 bits per heavy atom. The minimum atomic E-state index is -0.0351. The van der Waals surface area contributed by atoms with Crippen LogP contribution in [0.5, 0.6) is 0 Å². The minimum absolute atomic E-state index is 0.0351. The summed E-state index contributed by atoms with van der Waals surface area (Å²) >= 11 is 0. The highest BCUT2D eigenvalue weighted by Crippen LogP contribution is 2.12. The molecular weight excluding hydrogens is 266 g/mol. The molecule has 1 aromatic heterocycles. The van der Waals surface area contributed by atoms with Crippen molar-refractivity contribution < 1.29 is 4.79 Å². The third kappa shape index (κ3) is 4.52. The highest BCUT2D eigenvalue weighted by atomic mass is 16.2. The second-order valence-corrected chi connectivity index (χ2v) is 5.70. The second kappa shape index (κ2) is 8.12. The topological polar surface area (TPSA) is 63.1 Å². The Morgan fingerprint density at radius 2 is 2.05 bits per heavy atom. The van der Waals surface area contributed by atoms with E-state index in [0.717, 1.165) is 31.9 Å². The van der Waals surface area contributed by atoms with Crippen LogP contribution in [-0.4, -0.2) is 51.2 Å². The molecule has 1 aliphatic rings. The Labute approximate surface area is 126 Å². The van der Waals surface area contributed by atoms with E-state index in [1.54, 1.807) is 6.33 Å². The fourth-order valence-electron chi connectivity index (χ4n) is 2.83. The van der Waals surface area contributed by atoms with Gasteiger partial charge in [-0.1, -0.05) is 12.8 Å². The number of carbonyl (C=O) groups is 1. The number of rotatable bonds is 6. The molecule has 118 valence electrons. The van der Waals surface area contributed by atoms with E-state index in [4.69, 9.17) is 0 Å². The molecule has 0 aromatic carbocycles. The molecule has 0 aliphatic carbocycles. The van der Waals surface area contributed by atoms with Crippen LogP contribution in [0, 0.1) is 0 Å². The van der Waals surface area contributed by atoms with Gasteiger partial charge in [0.25, 0.3) is 0 Å². The van der Waals surface area contributed by atoms with Crippen molar-refractivity contribution in [2.24, 2.45) is 0 Å². The van der Waals surface area contributed by atoms with Crippen molar-refractivity contribution in [1.82, 2.24) is 25.0 Å². The second-order valence-electron chi connectivity index (χ2n) is 5.70. The predicted molar refractivity (Wildman–Crippen MR) is 81.9 cm³/mol. The van der Waals surface area contributed by atoms with Crippen molar-refractivity contribution in [2.45, 2.75) is 58.5 Å². The van der Waals surface area contributed by atoms with Crippen LogP contribution in [0.1, 0.15) is 45.4 Å². The number of aryl methyl sites for hydroxylation is 1. The van der Waals surface area contributed by atoms with Gasteiger partial charge in [0, 0.05) is 19.5 Å². The standard InChI is InChI=1S/C15H27N5O/c1-3-19-12-17-18-14(19)8-9-16-15(21)13(2)20-10-6-4-5-7-11-20/h12-13H,3-11H2,1-2H3,(H,16,21). The van der Waals surface area contributed by atoms with E-state index in [2.05, 4.69) is 27.3 Å². The molecule has 1 amide bonds. The van der Waals surface area contributed by atoms with Crippen LogP contribution < -0.4 is 5.32 Å². The van der Waals surface area contributed by atoms with Crippen LogP contribution in [0.2, 0.25) is 0 Å². The van der Waals surface area contributed by atoms with Gasteiger partial charge in [0.1, 0.15) is 12.2 Å². The van der Waals surface area contributed by atoms with Crippen molar-refractivity contribution in [2.75, 3.05) is 19.6 Å². The molecule has 0 saturated carbocycles. The molecule has 0 spiro atoms. The quantitative estimate of drug-likeness (QED) is 0.856. The molecule has 2 rings (SSSR count). The maximum Gasteiger partial charge on any atom is 0.237 e. The summed E-state index contributed by atoms with van der Waals surface area (Å²) < 4.78 is 2.00. The third-order valence-electron chi connectivity index (χ3n) is 4.25. The maximum absolute atomic E-state index is 12.2. The molecule has 1 aromatic rings. The number of nitrogens with one attached hydrogen (secondary N) is 1. The SMILES string of the molecule is CCn1cnnc1CCNC(=O)C(C)N1CCCCCC1. The van der Waals surface area contributed by atoms with Gasteiger partial charge >= 0.3 is 0 Å². The predicted octanol–water partition coefficient (Wildman–Crippen LogP) is 1.22. The molecule has 1 fully saturated rings. The molecule has 6 nitrogen and oxygen atoms in total. The summed E-state index contributed by atoms with van der Waals surface area (Å²) in [6, 6.07) is -0.0351. The van der Waals surface area contributed by atoms with Crippen molar-refractivity contribution in [3.05, 3.63) is 12.2 Å². The van der Waals surface area contributed by atoms with Crippen LogP contribution in [-0.2, 0) is 17.8 Å². The fourth-order valence-corrected chi connectivity index (χ4v) is 2.83. The number of hydrogen-bond acceptors (Lipinski definition) is 4.